The molecule has 8 heteroatoms. The first kappa shape index (κ1) is 14.1. The summed E-state index contributed by atoms with van der Waals surface area (Å²) in [6.45, 7) is 1.20. The summed E-state index contributed by atoms with van der Waals surface area (Å²) < 4.78 is 4.46. The SMILES string of the molecule is COC(=O)CN(C)C(=O)c1csc(NC(C)=O)n1. The van der Waals surface area contributed by atoms with E-state index in [4.69, 9.17) is 0 Å². The summed E-state index contributed by atoms with van der Waals surface area (Å²) in [6.07, 6.45) is 0. The Morgan fingerprint density at radius 2 is 2.17 bits per heavy atom. The summed E-state index contributed by atoms with van der Waals surface area (Å²) in [5.41, 5.74) is 0.176. The van der Waals surface area contributed by atoms with Crippen LogP contribution in [0.25, 0.3) is 0 Å². The van der Waals surface area contributed by atoms with Crippen LogP contribution in [0.4, 0.5) is 5.13 Å². The lowest BCUT2D eigenvalue weighted by molar-refractivity contribution is -0.141. The predicted octanol–water partition coefficient (Wildman–Crippen LogP) is 0.346. The van der Waals surface area contributed by atoms with Gasteiger partial charge in [-0.1, -0.05) is 0 Å². The molecule has 0 atom stereocenters. The lowest BCUT2D eigenvalue weighted by Gasteiger charge is -2.13. The first-order chi connectivity index (χ1) is 8.43. The Balaban J connectivity index is 2.69. The Labute approximate surface area is 108 Å². The number of carbonyl (C=O) groups is 3. The van der Waals surface area contributed by atoms with E-state index in [0.717, 1.165) is 11.3 Å². The Bertz CT molecular complexity index is 471. The quantitative estimate of drug-likeness (QED) is 0.798. The third-order valence-corrected chi connectivity index (χ3v) is 2.70. The van der Waals surface area contributed by atoms with E-state index >= 15 is 0 Å². The van der Waals surface area contributed by atoms with E-state index in [0.29, 0.717) is 5.13 Å². The molecule has 0 bridgehead atoms. The lowest BCUT2D eigenvalue weighted by atomic mass is 10.4. The Hall–Kier alpha value is -1.96. The third-order valence-electron chi connectivity index (χ3n) is 1.95. The van der Waals surface area contributed by atoms with Crippen LogP contribution in [0.2, 0.25) is 0 Å². The fourth-order valence-electron chi connectivity index (χ4n) is 1.11. The maximum absolute atomic E-state index is 11.8. The highest BCUT2D eigenvalue weighted by molar-refractivity contribution is 7.14. The number of amides is 2. The number of hydrogen-bond donors (Lipinski definition) is 1. The zero-order valence-corrected chi connectivity index (χ0v) is 11.0. The second-order valence-electron chi connectivity index (χ2n) is 3.46. The number of nitrogens with zero attached hydrogens (tertiary/aromatic N) is 2. The van der Waals surface area contributed by atoms with Gasteiger partial charge in [-0.3, -0.25) is 14.4 Å². The number of carbonyl (C=O) groups excluding carboxylic acids is 3. The molecule has 0 spiro atoms. The molecule has 0 radical (unpaired) electrons. The lowest BCUT2D eigenvalue weighted by Crippen LogP contribution is -2.32. The van der Waals surface area contributed by atoms with Crippen molar-refractivity contribution in [2.75, 3.05) is 26.0 Å². The van der Waals surface area contributed by atoms with Crippen molar-refractivity contribution in [3.05, 3.63) is 11.1 Å². The normalized spacial score (nSPS) is 9.72. The second-order valence-corrected chi connectivity index (χ2v) is 4.31. The molecule has 0 fully saturated rings. The van der Waals surface area contributed by atoms with Gasteiger partial charge in [-0.05, 0) is 0 Å². The summed E-state index contributed by atoms with van der Waals surface area (Å²) in [7, 11) is 2.72. The van der Waals surface area contributed by atoms with Crippen LogP contribution < -0.4 is 5.32 Å². The molecule has 2 amide bonds. The van der Waals surface area contributed by atoms with E-state index < -0.39 is 11.9 Å². The van der Waals surface area contributed by atoms with Crippen molar-refractivity contribution < 1.29 is 19.1 Å². The first-order valence-corrected chi connectivity index (χ1v) is 5.87. The monoisotopic (exact) mass is 271 g/mol. The molecule has 98 valence electrons. The highest BCUT2D eigenvalue weighted by Gasteiger charge is 2.18. The zero-order chi connectivity index (χ0) is 13.7. The van der Waals surface area contributed by atoms with E-state index in [9.17, 15) is 14.4 Å². The van der Waals surface area contributed by atoms with Crippen molar-refractivity contribution in [2.45, 2.75) is 6.92 Å². The minimum Gasteiger partial charge on any atom is -0.468 e. The van der Waals surface area contributed by atoms with Crippen LogP contribution in [-0.4, -0.2) is 48.4 Å². The summed E-state index contributed by atoms with van der Waals surface area (Å²) in [5.74, 6) is -1.18. The number of anilines is 1. The Kier molecular flexibility index (Phi) is 4.78. The molecule has 0 saturated heterocycles. The fourth-order valence-corrected chi connectivity index (χ4v) is 1.84. The minimum atomic E-state index is -0.511. The Morgan fingerprint density at radius 3 is 2.72 bits per heavy atom. The van der Waals surface area contributed by atoms with Crippen LogP contribution >= 0.6 is 11.3 Å². The number of methoxy groups -OCH3 is 1. The third kappa shape index (κ3) is 3.81. The highest BCUT2D eigenvalue weighted by Crippen LogP contribution is 2.16. The maximum atomic E-state index is 11.8. The van der Waals surface area contributed by atoms with Gasteiger partial charge in [0.25, 0.3) is 5.91 Å². The van der Waals surface area contributed by atoms with Gasteiger partial charge in [0.15, 0.2) is 5.13 Å². The van der Waals surface area contributed by atoms with Gasteiger partial charge in [0.2, 0.25) is 5.91 Å². The van der Waals surface area contributed by atoms with Gasteiger partial charge >= 0.3 is 5.97 Å². The summed E-state index contributed by atoms with van der Waals surface area (Å²) >= 11 is 1.14. The predicted molar refractivity (Wildman–Crippen MR) is 65.4 cm³/mol. The molecular formula is C10H13N3O4S. The van der Waals surface area contributed by atoms with Gasteiger partial charge in [-0.15, -0.1) is 11.3 Å². The standard InChI is InChI=1S/C10H13N3O4S/c1-6(14)11-10-12-7(5-18-10)9(16)13(2)4-8(15)17-3/h5H,4H2,1-3H3,(H,11,12,14). The van der Waals surface area contributed by atoms with E-state index in [1.165, 1.54) is 31.4 Å². The number of hydrogen-bond acceptors (Lipinski definition) is 6. The van der Waals surface area contributed by atoms with Gasteiger partial charge in [0, 0.05) is 19.4 Å². The first-order valence-electron chi connectivity index (χ1n) is 4.99. The number of ether oxygens (including phenoxy) is 1. The summed E-state index contributed by atoms with van der Waals surface area (Å²) in [5, 5.41) is 4.34. The molecule has 1 N–H and O–H groups in total. The van der Waals surface area contributed by atoms with Crippen LogP contribution in [0.5, 0.6) is 0 Å². The van der Waals surface area contributed by atoms with E-state index in [-0.39, 0.29) is 18.1 Å². The molecule has 1 heterocycles. The average Bonchev–Trinajstić information content (AvgIpc) is 2.75. The fraction of sp³-hybridized carbons (Fsp3) is 0.400. The van der Waals surface area contributed by atoms with Gasteiger partial charge in [0.05, 0.1) is 7.11 Å². The van der Waals surface area contributed by atoms with Crippen LogP contribution in [-0.2, 0) is 14.3 Å². The van der Waals surface area contributed by atoms with Crippen LogP contribution in [0.15, 0.2) is 5.38 Å². The van der Waals surface area contributed by atoms with E-state index in [1.54, 1.807) is 0 Å². The van der Waals surface area contributed by atoms with Gasteiger partial charge in [-0.25, -0.2) is 4.98 Å². The van der Waals surface area contributed by atoms with Gasteiger partial charge in [0.1, 0.15) is 12.2 Å². The number of rotatable bonds is 4. The molecule has 0 aliphatic carbocycles. The van der Waals surface area contributed by atoms with Crippen molar-refractivity contribution in [1.82, 2.24) is 9.88 Å². The molecule has 18 heavy (non-hydrogen) atoms. The van der Waals surface area contributed by atoms with Crippen molar-refractivity contribution in [1.29, 1.82) is 0 Å². The molecule has 1 aromatic heterocycles. The van der Waals surface area contributed by atoms with E-state index in [2.05, 4.69) is 15.0 Å². The Morgan fingerprint density at radius 1 is 1.50 bits per heavy atom. The molecule has 0 aliphatic rings. The zero-order valence-electron chi connectivity index (χ0n) is 10.2. The summed E-state index contributed by atoms with van der Waals surface area (Å²) in [4.78, 5) is 38.8. The summed E-state index contributed by atoms with van der Waals surface area (Å²) in [6, 6.07) is 0. The molecule has 1 aromatic rings. The number of nitrogens with one attached hydrogen (secondary N) is 1. The molecule has 0 aliphatic heterocycles. The number of esters is 1. The molecule has 7 nitrogen and oxygen atoms in total. The molecule has 0 unspecified atom stereocenters. The average molecular weight is 271 g/mol. The van der Waals surface area contributed by atoms with Crippen LogP contribution in [0.3, 0.4) is 0 Å². The highest BCUT2D eigenvalue weighted by atomic mass is 32.1. The van der Waals surface area contributed by atoms with Crippen molar-refractivity contribution in [3.63, 3.8) is 0 Å². The van der Waals surface area contributed by atoms with Crippen molar-refractivity contribution in [3.8, 4) is 0 Å². The van der Waals surface area contributed by atoms with Crippen molar-refractivity contribution in [2.24, 2.45) is 0 Å². The van der Waals surface area contributed by atoms with Crippen LogP contribution in [0, 0.1) is 0 Å². The molecule has 0 aromatic carbocycles. The van der Waals surface area contributed by atoms with Gasteiger partial charge in [-0.2, -0.15) is 0 Å². The topological polar surface area (TPSA) is 88.6 Å². The van der Waals surface area contributed by atoms with Crippen LogP contribution in [0.1, 0.15) is 17.4 Å². The van der Waals surface area contributed by atoms with Crippen molar-refractivity contribution >= 4 is 34.3 Å². The largest absolute Gasteiger partial charge is 0.468 e. The second kappa shape index (κ2) is 6.10. The molecule has 0 saturated carbocycles. The number of likely N-dealkylation sites (N-methyl/N-ethyl adjacent to an activating group) is 1. The molecular weight excluding hydrogens is 258 g/mol. The maximum Gasteiger partial charge on any atom is 0.325 e. The number of thiazole rings is 1. The van der Waals surface area contributed by atoms with E-state index in [1.807, 2.05) is 0 Å². The minimum absolute atomic E-state index is 0.150. The molecule has 1 rings (SSSR count). The number of aromatic nitrogens is 1. The van der Waals surface area contributed by atoms with Gasteiger partial charge < -0.3 is 15.0 Å². The smallest absolute Gasteiger partial charge is 0.325 e.